The highest BCUT2D eigenvalue weighted by molar-refractivity contribution is 7.89. The SMILES string of the molecule is COC(=O)c1c(NC(=O)c2ccc(S(=O)(=O)N3CCc4ccccc4C3)cc2)sc2c1CCN(C(C)C)C2. The number of nitrogens with one attached hydrogen (secondary N) is 1. The van der Waals surface area contributed by atoms with Gasteiger partial charge in [0.15, 0.2) is 0 Å². The molecular weight excluding hydrogens is 522 g/mol. The summed E-state index contributed by atoms with van der Waals surface area (Å²) in [5.41, 5.74) is 3.82. The Morgan fingerprint density at radius 1 is 0.974 bits per heavy atom. The Kier molecular flexibility index (Phi) is 7.41. The number of carbonyl (C=O) groups is 2. The molecule has 0 spiro atoms. The number of methoxy groups -OCH3 is 1. The highest BCUT2D eigenvalue weighted by Gasteiger charge is 2.31. The van der Waals surface area contributed by atoms with Gasteiger partial charge in [0, 0.05) is 42.7 Å². The number of hydrogen-bond acceptors (Lipinski definition) is 7. The Bertz CT molecular complexity index is 1480. The van der Waals surface area contributed by atoms with Crippen molar-refractivity contribution in [1.29, 1.82) is 0 Å². The largest absolute Gasteiger partial charge is 0.465 e. The molecule has 3 heterocycles. The number of ether oxygens (including phenoxy) is 1. The van der Waals surface area contributed by atoms with Crippen LogP contribution in [0.3, 0.4) is 0 Å². The molecule has 2 aliphatic rings. The van der Waals surface area contributed by atoms with E-state index in [4.69, 9.17) is 4.74 Å². The molecule has 0 aliphatic carbocycles. The van der Waals surface area contributed by atoms with Crippen molar-refractivity contribution in [3.05, 3.63) is 81.2 Å². The van der Waals surface area contributed by atoms with Crippen molar-refractivity contribution >= 4 is 38.2 Å². The predicted molar refractivity (Wildman–Crippen MR) is 147 cm³/mol. The van der Waals surface area contributed by atoms with Crippen molar-refractivity contribution in [2.45, 2.75) is 50.7 Å². The molecule has 5 rings (SSSR count). The second-order valence-corrected chi connectivity index (χ2v) is 12.9. The number of fused-ring (bicyclic) bond motifs is 2. The molecule has 0 saturated heterocycles. The van der Waals surface area contributed by atoms with E-state index in [0.717, 1.165) is 22.5 Å². The predicted octanol–water partition coefficient (Wildman–Crippen LogP) is 4.30. The lowest BCUT2D eigenvalue weighted by Gasteiger charge is -2.30. The smallest absolute Gasteiger partial charge is 0.341 e. The van der Waals surface area contributed by atoms with E-state index in [1.807, 2.05) is 24.3 Å². The minimum absolute atomic E-state index is 0.143. The quantitative estimate of drug-likeness (QED) is 0.458. The van der Waals surface area contributed by atoms with Crippen LogP contribution in [0.15, 0.2) is 53.4 Å². The zero-order chi connectivity index (χ0) is 27.0. The van der Waals surface area contributed by atoms with Gasteiger partial charge in [0.25, 0.3) is 5.91 Å². The standard InChI is InChI=1S/C28H31N3O5S2/c1-18(2)30-14-13-23-24(17-30)37-27(25(23)28(33)36-3)29-26(32)20-8-10-22(11-9-20)38(34,35)31-15-12-19-6-4-5-7-21(19)16-31/h4-11,18H,12-17H2,1-3H3,(H,29,32). The third-order valence-electron chi connectivity index (χ3n) is 7.28. The second-order valence-electron chi connectivity index (χ2n) is 9.85. The van der Waals surface area contributed by atoms with Gasteiger partial charge in [-0.15, -0.1) is 11.3 Å². The van der Waals surface area contributed by atoms with Crippen LogP contribution in [-0.2, 0) is 40.7 Å². The Labute approximate surface area is 227 Å². The molecule has 8 nitrogen and oxygen atoms in total. The molecule has 1 aromatic heterocycles. The maximum absolute atomic E-state index is 13.3. The summed E-state index contributed by atoms with van der Waals surface area (Å²) in [5.74, 6) is -0.884. The van der Waals surface area contributed by atoms with E-state index in [2.05, 4.69) is 24.1 Å². The lowest BCUT2D eigenvalue weighted by atomic mass is 10.0. The highest BCUT2D eigenvalue weighted by Crippen LogP contribution is 2.38. The lowest BCUT2D eigenvalue weighted by Crippen LogP contribution is -2.35. The van der Waals surface area contributed by atoms with Crippen molar-refractivity contribution in [3.63, 3.8) is 0 Å². The molecule has 200 valence electrons. The molecule has 10 heteroatoms. The molecule has 3 aromatic rings. The highest BCUT2D eigenvalue weighted by atomic mass is 32.2. The van der Waals surface area contributed by atoms with Gasteiger partial charge in [0.05, 0.1) is 17.6 Å². The zero-order valence-electron chi connectivity index (χ0n) is 21.7. The van der Waals surface area contributed by atoms with Crippen molar-refractivity contribution in [2.24, 2.45) is 0 Å². The zero-order valence-corrected chi connectivity index (χ0v) is 23.3. The second kappa shape index (κ2) is 10.6. The number of amides is 1. The van der Waals surface area contributed by atoms with Crippen LogP contribution in [0.5, 0.6) is 0 Å². The molecule has 0 atom stereocenters. The van der Waals surface area contributed by atoms with Crippen LogP contribution >= 0.6 is 11.3 Å². The van der Waals surface area contributed by atoms with Gasteiger partial charge in [-0.05, 0) is 67.6 Å². The van der Waals surface area contributed by atoms with E-state index in [0.29, 0.717) is 54.6 Å². The van der Waals surface area contributed by atoms with Gasteiger partial charge in [0.2, 0.25) is 10.0 Å². The molecule has 0 fully saturated rings. The number of sulfonamides is 1. The first-order valence-electron chi connectivity index (χ1n) is 12.6. The number of rotatable bonds is 6. The van der Waals surface area contributed by atoms with Crippen molar-refractivity contribution in [2.75, 3.05) is 25.5 Å². The number of carbonyl (C=O) groups excluding carboxylic acids is 2. The van der Waals surface area contributed by atoms with Crippen LogP contribution in [0, 0.1) is 0 Å². The minimum atomic E-state index is -3.70. The van der Waals surface area contributed by atoms with Gasteiger partial charge in [-0.3, -0.25) is 9.69 Å². The Morgan fingerprint density at radius 3 is 2.37 bits per heavy atom. The normalized spacial score (nSPS) is 16.1. The number of benzene rings is 2. The van der Waals surface area contributed by atoms with E-state index >= 15 is 0 Å². The first-order chi connectivity index (χ1) is 18.2. The molecule has 0 saturated carbocycles. The fourth-order valence-corrected chi connectivity index (χ4v) is 7.72. The summed E-state index contributed by atoms with van der Waals surface area (Å²) in [6, 6.07) is 14.2. The Morgan fingerprint density at radius 2 is 1.68 bits per heavy atom. The fraction of sp³-hybridized carbons (Fsp3) is 0.357. The van der Waals surface area contributed by atoms with Crippen LogP contribution in [0.4, 0.5) is 5.00 Å². The molecule has 0 unspecified atom stereocenters. The third kappa shape index (κ3) is 5.01. The monoisotopic (exact) mass is 553 g/mol. The van der Waals surface area contributed by atoms with Crippen LogP contribution in [0.25, 0.3) is 0 Å². The third-order valence-corrected chi connectivity index (χ3v) is 10.3. The first-order valence-corrected chi connectivity index (χ1v) is 14.9. The molecule has 38 heavy (non-hydrogen) atoms. The van der Waals surface area contributed by atoms with Gasteiger partial charge in [-0.2, -0.15) is 4.31 Å². The average molecular weight is 554 g/mol. The van der Waals surface area contributed by atoms with E-state index in [1.165, 1.54) is 52.6 Å². The van der Waals surface area contributed by atoms with Crippen molar-refractivity contribution in [1.82, 2.24) is 9.21 Å². The molecule has 2 aromatic carbocycles. The molecule has 0 bridgehead atoms. The van der Waals surface area contributed by atoms with E-state index < -0.39 is 21.9 Å². The lowest BCUT2D eigenvalue weighted by molar-refractivity contribution is 0.0600. The number of thiophene rings is 1. The number of anilines is 1. The van der Waals surface area contributed by atoms with E-state index in [9.17, 15) is 18.0 Å². The van der Waals surface area contributed by atoms with Crippen molar-refractivity contribution in [3.8, 4) is 0 Å². The summed E-state index contributed by atoms with van der Waals surface area (Å²) >= 11 is 1.39. The first kappa shape index (κ1) is 26.6. The summed E-state index contributed by atoms with van der Waals surface area (Å²) < 4.78 is 33.1. The summed E-state index contributed by atoms with van der Waals surface area (Å²) in [5, 5.41) is 3.34. The summed E-state index contributed by atoms with van der Waals surface area (Å²) in [6.45, 7) is 6.55. The van der Waals surface area contributed by atoms with Crippen LogP contribution in [0.2, 0.25) is 0 Å². The molecule has 2 aliphatic heterocycles. The van der Waals surface area contributed by atoms with E-state index in [1.54, 1.807) is 0 Å². The molecular formula is C28H31N3O5S2. The molecule has 1 amide bonds. The minimum Gasteiger partial charge on any atom is -0.465 e. The molecule has 1 N–H and O–H groups in total. The van der Waals surface area contributed by atoms with Crippen molar-refractivity contribution < 1.29 is 22.7 Å². The maximum Gasteiger partial charge on any atom is 0.341 e. The van der Waals surface area contributed by atoms with Gasteiger partial charge in [-0.1, -0.05) is 24.3 Å². The van der Waals surface area contributed by atoms with Gasteiger partial charge < -0.3 is 10.1 Å². The summed E-state index contributed by atoms with van der Waals surface area (Å²) in [4.78, 5) is 29.3. The summed E-state index contributed by atoms with van der Waals surface area (Å²) in [7, 11) is -2.37. The molecule has 0 radical (unpaired) electrons. The van der Waals surface area contributed by atoms with Gasteiger partial charge >= 0.3 is 5.97 Å². The average Bonchev–Trinajstić information content (AvgIpc) is 3.29. The van der Waals surface area contributed by atoms with E-state index in [-0.39, 0.29) is 4.90 Å². The van der Waals surface area contributed by atoms with Crippen LogP contribution < -0.4 is 5.32 Å². The van der Waals surface area contributed by atoms with Gasteiger partial charge in [-0.25, -0.2) is 13.2 Å². The fourth-order valence-electron chi connectivity index (χ4n) is 5.05. The number of esters is 1. The topological polar surface area (TPSA) is 96.0 Å². The van der Waals surface area contributed by atoms with Crippen LogP contribution in [0.1, 0.15) is 56.1 Å². The maximum atomic E-state index is 13.3. The number of hydrogen-bond donors (Lipinski definition) is 1. The Balaban J connectivity index is 1.34. The van der Waals surface area contributed by atoms with Crippen LogP contribution in [-0.4, -0.2) is 55.7 Å². The Hall–Kier alpha value is -3.05. The van der Waals surface area contributed by atoms with Gasteiger partial charge in [0.1, 0.15) is 5.00 Å². The number of nitrogens with zero attached hydrogens (tertiary/aromatic N) is 2. The summed E-state index contributed by atoms with van der Waals surface area (Å²) in [6.07, 6.45) is 1.37.